The number of aromatic nitrogens is 1. The second-order valence-corrected chi connectivity index (χ2v) is 5.31. The molecular weight excluding hydrogens is 284 g/mol. The fourth-order valence-corrected chi connectivity index (χ4v) is 2.14. The molecule has 2 aromatic rings. The molecular formula is C17H21ClN2O. The summed E-state index contributed by atoms with van der Waals surface area (Å²) in [5.74, 6) is 0.932. The van der Waals surface area contributed by atoms with Crippen LogP contribution in [0.25, 0.3) is 0 Å². The molecule has 0 aliphatic carbocycles. The van der Waals surface area contributed by atoms with Gasteiger partial charge in [0.2, 0.25) is 0 Å². The fraction of sp³-hybridized carbons (Fsp3) is 0.353. The first kappa shape index (κ1) is 15.6. The minimum absolute atomic E-state index is 0.496. The summed E-state index contributed by atoms with van der Waals surface area (Å²) >= 11 is 5.85. The number of pyridine rings is 1. The molecule has 0 saturated carbocycles. The van der Waals surface area contributed by atoms with Crippen LogP contribution in [0.3, 0.4) is 0 Å². The van der Waals surface area contributed by atoms with Gasteiger partial charge in [0.15, 0.2) is 0 Å². The number of anilines is 1. The van der Waals surface area contributed by atoms with E-state index in [1.165, 1.54) is 18.4 Å². The lowest BCUT2D eigenvalue weighted by Crippen LogP contribution is -2.00. The fourth-order valence-electron chi connectivity index (χ4n) is 1.96. The Hall–Kier alpha value is -1.74. The third-order valence-corrected chi connectivity index (χ3v) is 3.37. The summed E-state index contributed by atoms with van der Waals surface area (Å²) in [4.78, 5) is 3.96. The van der Waals surface area contributed by atoms with Crippen molar-refractivity contribution in [3.05, 3.63) is 53.3 Å². The molecule has 0 bridgehead atoms. The molecule has 1 aromatic heterocycles. The number of ether oxygens (including phenoxy) is 1. The number of benzene rings is 1. The van der Waals surface area contributed by atoms with E-state index in [4.69, 9.17) is 16.3 Å². The first-order valence-electron chi connectivity index (χ1n) is 7.35. The van der Waals surface area contributed by atoms with Crippen molar-refractivity contribution >= 4 is 17.3 Å². The zero-order chi connectivity index (χ0) is 14.9. The SMILES string of the molecule is CCCCCOc1ccc(CNc2ccnc(Cl)c2)cc1. The Morgan fingerprint density at radius 1 is 1.14 bits per heavy atom. The number of nitrogens with one attached hydrogen (secondary N) is 1. The van der Waals surface area contributed by atoms with Crippen molar-refractivity contribution < 1.29 is 4.74 Å². The molecule has 2 rings (SSSR count). The minimum atomic E-state index is 0.496. The van der Waals surface area contributed by atoms with Crippen LogP contribution in [0.4, 0.5) is 5.69 Å². The lowest BCUT2D eigenvalue weighted by atomic mass is 10.2. The van der Waals surface area contributed by atoms with Crippen LogP contribution in [0.1, 0.15) is 31.7 Å². The van der Waals surface area contributed by atoms with Gasteiger partial charge in [-0.25, -0.2) is 4.98 Å². The maximum atomic E-state index is 5.85. The van der Waals surface area contributed by atoms with E-state index in [9.17, 15) is 0 Å². The number of hydrogen-bond acceptors (Lipinski definition) is 3. The molecule has 112 valence electrons. The third kappa shape index (κ3) is 5.64. The Kier molecular flexibility index (Phi) is 6.35. The predicted molar refractivity (Wildman–Crippen MR) is 88.0 cm³/mol. The van der Waals surface area contributed by atoms with Gasteiger partial charge in [-0.1, -0.05) is 43.5 Å². The highest BCUT2D eigenvalue weighted by Gasteiger charge is 1.98. The Morgan fingerprint density at radius 2 is 1.95 bits per heavy atom. The standard InChI is InChI=1S/C17H21ClN2O/c1-2-3-4-11-21-16-7-5-14(6-8-16)13-20-15-9-10-19-17(18)12-15/h5-10,12H,2-4,11,13H2,1H3,(H,19,20). The highest BCUT2D eigenvalue weighted by atomic mass is 35.5. The van der Waals surface area contributed by atoms with Crippen molar-refractivity contribution in [1.29, 1.82) is 0 Å². The van der Waals surface area contributed by atoms with Gasteiger partial charge >= 0.3 is 0 Å². The molecule has 3 nitrogen and oxygen atoms in total. The zero-order valence-electron chi connectivity index (χ0n) is 12.3. The molecule has 4 heteroatoms. The van der Waals surface area contributed by atoms with Crippen LogP contribution in [0.2, 0.25) is 5.15 Å². The number of unbranched alkanes of at least 4 members (excludes halogenated alkanes) is 2. The molecule has 0 fully saturated rings. The van der Waals surface area contributed by atoms with Crippen molar-refractivity contribution in [3.8, 4) is 5.75 Å². The second kappa shape index (κ2) is 8.53. The molecule has 1 heterocycles. The molecule has 21 heavy (non-hydrogen) atoms. The van der Waals surface area contributed by atoms with E-state index >= 15 is 0 Å². The molecule has 0 radical (unpaired) electrons. The van der Waals surface area contributed by atoms with Crippen molar-refractivity contribution in [3.63, 3.8) is 0 Å². The van der Waals surface area contributed by atoms with Crippen LogP contribution in [0.15, 0.2) is 42.6 Å². The van der Waals surface area contributed by atoms with Crippen LogP contribution in [-0.4, -0.2) is 11.6 Å². The Morgan fingerprint density at radius 3 is 2.67 bits per heavy atom. The quantitative estimate of drug-likeness (QED) is 0.555. The van der Waals surface area contributed by atoms with Crippen molar-refractivity contribution in [2.75, 3.05) is 11.9 Å². The Bertz CT molecular complexity index is 543. The summed E-state index contributed by atoms with van der Waals surface area (Å²) in [6.45, 7) is 3.73. The third-order valence-electron chi connectivity index (χ3n) is 3.16. The summed E-state index contributed by atoms with van der Waals surface area (Å²) in [6.07, 6.45) is 5.24. The number of rotatable bonds is 8. The van der Waals surface area contributed by atoms with Crippen LogP contribution in [-0.2, 0) is 6.54 Å². The highest BCUT2D eigenvalue weighted by molar-refractivity contribution is 6.29. The normalized spacial score (nSPS) is 10.4. The van der Waals surface area contributed by atoms with Crippen molar-refractivity contribution in [1.82, 2.24) is 4.98 Å². The number of nitrogens with zero attached hydrogens (tertiary/aromatic N) is 1. The molecule has 0 spiro atoms. The molecule has 0 saturated heterocycles. The van der Waals surface area contributed by atoms with Crippen LogP contribution >= 0.6 is 11.6 Å². The molecule has 0 atom stereocenters. The molecule has 0 aliphatic rings. The van der Waals surface area contributed by atoms with Gasteiger partial charge < -0.3 is 10.1 Å². The van der Waals surface area contributed by atoms with Crippen LogP contribution < -0.4 is 10.1 Å². The van der Waals surface area contributed by atoms with E-state index < -0.39 is 0 Å². The molecule has 1 aromatic carbocycles. The van der Waals surface area contributed by atoms with Gasteiger partial charge in [0, 0.05) is 18.4 Å². The zero-order valence-corrected chi connectivity index (χ0v) is 13.1. The smallest absolute Gasteiger partial charge is 0.131 e. The van der Waals surface area contributed by atoms with Gasteiger partial charge in [-0.15, -0.1) is 0 Å². The van der Waals surface area contributed by atoms with Crippen LogP contribution in [0.5, 0.6) is 5.75 Å². The van der Waals surface area contributed by atoms with E-state index in [0.29, 0.717) is 5.15 Å². The first-order chi connectivity index (χ1) is 10.3. The topological polar surface area (TPSA) is 34.1 Å². The predicted octanol–water partition coefficient (Wildman–Crippen LogP) is 4.92. The average molecular weight is 305 g/mol. The van der Waals surface area contributed by atoms with E-state index in [-0.39, 0.29) is 0 Å². The summed E-state index contributed by atoms with van der Waals surface area (Å²) in [5, 5.41) is 3.81. The highest BCUT2D eigenvalue weighted by Crippen LogP contribution is 2.16. The van der Waals surface area contributed by atoms with Gasteiger partial charge in [-0.2, -0.15) is 0 Å². The van der Waals surface area contributed by atoms with Gasteiger partial charge in [0.25, 0.3) is 0 Å². The van der Waals surface area contributed by atoms with Gasteiger partial charge in [0.05, 0.1) is 6.61 Å². The maximum Gasteiger partial charge on any atom is 0.131 e. The monoisotopic (exact) mass is 304 g/mol. The second-order valence-electron chi connectivity index (χ2n) is 4.92. The molecule has 0 aliphatic heterocycles. The van der Waals surface area contributed by atoms with Gasteiger partial charge in [-0.05, 0) is 36.2 Å². The molecule has 0 unspecified atom stereocenters. The van der Waals surface area contributed by atoms with E-state index in [0.717, 1.165) is 31.0 Å². The number of hydrogen-bond donors (Lipinski definition) is 1. The Labute approximate surface area is 131 Å². The Balaban J connectivity index is 1.79. The summed E-state index contributed by atoms with van der Waals surface area (Å²) in [6, 6.07) is 11.9. The summed E-state index contributed by atoms with van der Waals surface area (Å²) in [5.41, 5.74) is 2.17. The minimum Gasteiger partial charge on any atom is -0.494 e. The first-order valence-corrected chi connectivity index (χ1v) is 7.73. The maximum absolute atomic E-state index is 5.85. The van der Waals surface area contributed by atoms with E-state index in [1.807, 2.05) is 24.3 Å². The average Bonchev–Trinajstić information content (AvgIpc) is 2.51. The molecule has 0 amide bonds. The van der Waals surface area contributed by atoms with Crippen molar-refractivity contribution in [2.24, 2.45) is 0 Å². The summed E-state index contributed by atoms with van der Waals surface area (Å²) < 4.78 is 5.70. The van der Waals surface area contributed by atoms with Gasteiger partial charge in [-0.3, -0.25) is 0 Å². The van der Waals surface area contributed by atoms with E-state index in [2.05, 4.69) is 29.4 Å². The van der Waals surface area contributed by atoms with Gasteiger partial charge in [0.1, 0.15) is 10.9 Å². The lowest BCUT2D eigenvalue weighted by molar-refractivity contribution is 0.306. The van der Waals surface area contributed by atoms with Crippen LogP contribution in [0, 0.1) is 0 Å². The molecule has 1 N–H and O–H groups in total. The lowest BCUT2D eigenvalue weighted by Gasteiger charge is -2.09. The van der Waals surface area contributed by atoms with Crippen molar-refractivity contribution in [2.45, 2.75) is 32.7 Å². The van der Waals surface area contributed by atoms with E-state index in [1.54, 1.807) is 6.20 Å². The summed E-state index contributed by atoms with van der Waals surface area (Å²) in [7, 11) is 0. The largest absolute Gasteiger partial charge is 0.494 e. The number of halogens is 1.